The van der Waals surface area contributed by atoms with Crippen molar-refractivity contribution in [2.75, 3.05) is 7.11 Å². The van der Waals surface area contributed by atoms with Crippen molar-refractivity contribution in [1.82, 2.24) is 0 Å². The van der Waals surface area contributed by atoms with E-state index in [2.05, 4.69) is 52.5 Å². The molecular weight excluding hydrogens is 452 g/mol. The van der Waals surface area contributed by atoms with Gasteiger partial charge in [0.1, 0.15) is 0 Å². The van der Waals surface area contributed by atoms with E-state index >= 15 is 0 Å². The number of rotatable bonds is 3. The van der Waals surface area contributed by atoms with Crippen LogP contribution in [0.25, 0.3) is 5.57 Å². The molecule has 1 aromatic carbocycles. The molecule has 200 valence electrons. The van der Waals surface area contributed by atoms with Crippen molar-refractivity contribution in [3.05, 3.63) is 53.6 Å². The molecule has 2 nitrogen and oxygen atoms in total. The van der Waals surface area contributed by atoms with Gasteiger partial charge >= 0.3 is 5.97 Å². The second-order valence-corrected chi connectivity index (χ2v) is 14.4. The Morgan fingerprint density at radius 1 is 0.892 bits per heavy atom. The summed E-state index contributed by atoms with van der Waals surface area (Å²) in [5.41, 5.74) is 5.56. The van der Waals surface area contributed by atoms with Crippen LogP contribution < -0.4 is 0 Å². The summed E-state index contributed by atoms with van der Waals surface area (Å²) in [5, 5.41) is 0. The van der Waals surface area contributed by atoms with Gasteiger partial charge in [0, 0.05) is 0 Å². The normalized spacial score (nSPS) is 41.9. The molecule has 0 bridgehead atoms. The van der Waals surface area contributed by atoms with Gasteiger partial charge in [-0.25, -0.2) is 4.79 Å². The molecule has 0 spiro atoms. The smallest absolute Gasteiger partial charge is 0.337 e. The highest BCUT2D eigenvalue weighted by Crippen LogP contribution is 2.69. The lowest BCUT2D eigenvalue weighted by Crippen LogP contribution is -2.56. The summed E-state index contributed by atoms with van der Waals surface area (Å²) in [4.78, 5) is 11.9. The van der Waals surface area contributed by atoms with Crippen LogP contribution in [0.1, 0.15) is 101 Å². The van der Waals surface area contributed by atoms with Crippen LogP contribution in [0.2, 0.25) is 0 Å². The molecule has 0 radical (unpaired) electrons. The molecule has 6 rings (SSSR count). The predicted octanol–water partition coefficient (Wildman–Crippen LogP) is 8.97. The average Bonchev–Trinajstić information content (AvgIpc) is 3.32. The van der Waals surface area contributed by atoms with Crippen molar-refractivity contribution >= 4 is 11.5 Å². The second-order valence-electron chi connectivity index (χ2n) is 14.4. The maximum Gasteiger partial charge on any atom is 0.337 e. The Balaban J connectivity index is 1.26. The lowest BCUT2D eigenvalue weighted by atomic mass is 9.41. The van der Waals surface area contributed by atoms with Crippen molar-refractivity contribution < 1.29 is 9.53 Å². The Morgan fingerprint density at radius 3 is 2.30 bits per heavy atom. The zero-order chi connectivity index (χ0) is 26.1. The van der Waals surface area contributed by atoms with Crippen LogP contribution in [-0.2, 0) is 4.74 Å². The maximum absolute atomic E-state index is 11.9. The average molecular weight is 501 g/mol. The third kappa shape index (κ3) is 3.82. The predicted molar refractivity (Wildman–Crippen MR) is 152 cm³/mol. The highest BCUT2D eigenvalue weighted by molar-refractivity contribution is 5.89. The quantitative estimate of drug-likeness (QED) is 0.306. The SMILES string of the molecule is C=C(C)[C@@H]1CCC2CC[C@@]3(C)C4CC[C@@H]5C(CC=C(c6ccc(C(=O)OC)cc6)C5(C)C)[C@H]4CCC3[C@H]21. The molecule has 0 aromatic heterocycles. The van der Waals surface area contributed by atoms with E-state index in [1.807, 2.05) is 12.1 Å². The number of methoxy groups -OCH3 is 1. The van der Waals surface area contributed by atoms with Gasteiger partial charge in [0.05, 0.1) is 12.7 Å². The fourth-order valence-electron chi connectivity index (χ4n) is 11.1. The van der Waals surface area contributed by atoms with Crippen molar-refractivity contribution in [3.8, 4) is 0 Å². The minimum absolute atomic E-state index is 0.159. The molecule has 4 saturated carbocycles. The van der Waals surface area contributed by atoms with E-state index < -0.39 is 0 Å². The van der Waals surface area contributed by atoms with Gasteiger partial charge in [-0.05, 0) is 146 Å². The number of ether oxygens (including phenoxy) is 1. The topological polar surface area (TPSA) is 26.3 Å². The third-order valence-electron chi connectivity index (χ3n) is 12.7. The zero-order valence-electron chi connectivity index (χ0n) is 23.9. The first-order valence-corrected chi connectivity index (χ1v) is 15.2. The number of fused-ring (bicyclic) bond motifs is 7. The number of hydrogen-bond donors (Lipinski definition) is 0. The van der Waals surface area contributed by atoms with Crippen LogP contribution >= 0.6 is 0 Å². The lowest BCUT2D eigenvalue weighted by molar-refractivity contribution is -0.131. The summed E-state index contributed by atoms with van der Waals surface area (Å²) in [7, 11) is 1.45. The van der Waals surface area contributed by atoms with Crippen molar-refractivity contribution in [2.24, 2.45) is 58.2 Å². The number of esters is 1. The Kier molecular flexibility index (Phi) is 6.28. The standard InChI is InChI=1S/C35H48O2/c1-21(2)25-12-11-23-19-20-35(5)30-18-17-29-26(27(30)14-16-31(35)32(23)25)13-15-28(34(29,3)4)22-7-9-24(10-8-22)33(36)37-6/h7-10,15,23,25-27,29-32H,1,11-14,16-20H2,2-6H3/t23?,25-,26?,27+,29+,30?,31?,32+,35-/m0/s1. The molecule has 0 aliphatic heterocycles. The molecule has 37 heavy (non-hydrogen) atoms. The molecule has 5 aliphatic rings. The molecule has 9 atom stereocenters. The molecule has 4 fully saturated rings. The van der Waals surface area contributed by atoms with E-state index in [1.165, 1.54) is 81.6 Å². The van der Waals surface area contributed by atoms with Gasteiger partial charge in [0.2, 0.25) is 0 Å². The van der Waals surface area contributed by atoms with Crippen LogP contribution in [-0.4, -0.2) is 13.1 Å². The van der Waals surface area contributed by atoms with Crippen LogP contribution in [0.15, 0.2) is 42.5 Å². The van der Waals surface area contributed by atoms with E-state index in [4.69, 9.17) is 4.74 Å². The van der Waals surface area contributed by atoms with Crippen molar-refractivity contribution in [1.29, 1.82) is 0 Å². The summed E-state index contributed by atoms with van der Waals surface area (Å²) in [6.07, 6.45) is 15.3. The van der Waals surface area contributed by atoms with E-state index in [9.17, 15) is 4.79 Å². The fraction of sp³-hybridized carbons (Fsp3) is 0.686. The molecule has 0 heterocycles. The molecule has 2 heteroatoms. The Bertz CT molecular complexity index is 1090. The first-order valence-electron chi connectivity index (χ1n) is 15.2. The number of benzene rings is 1. The summed E-state index contributed by atoms with van der Waals surface area (Å²) < 4.78 is 4.91. The molecule has 5 aliphatic carbocycles. The lowest BCUT2D eigenvalue weighted by Gasteiger charge is -2.63. The highest BCUT2D eigenvalue weighted by atomic mass is 16.5. The molecular formula is C35H48O2. The molecule has 0 saturated heterocycles. The summed E-state index contributed by atoms with van der Waals surface area (Å²) in [5.74, 6) is 6.70. The van der Waals surface area contributed by atoms with Crippen LogP contribution in [0.3, 0.4) is 0 Å². The van der Waals surface area contributed by atoms with Crippen LogP contribution in [0, 0.1) is 58.2 Å². The van der Waals surface area contributed by atoms with Crippen LogP contribution in [0.4, 0.5) is 0 Å². The Morgan fingerprint density at radius 2 is 1.59 bits per heavy atom. The molecule has 1 aromatic rings. The summed E-state index contributed by atoms with van der Waals surface area (Å²) in [6, 6.07) is 8.13. The first kappa shape index (κ1) is 25.4. The van der Waals surface area contributed by atoms with Gasteiger partial charge in [-0.2, -0.15) is 0 Å². The van der Waals surface area contributed by atoms with Crippen molar-refractivity contribution in [2.45, 2.75) is 85.5 Å². The fourth-order valence-corrected chi connectivity index (χ4v) is 11.1. The first-order chi connectivity index (χ1) is 17.7. The second kappa shape index (κ2) is 9.13. The van der Waals surface area contributed by atoms with E-state index in [0.717, 1.165) is 47.3 Å². The number of carbonyl (C=O) groups is 1. The third-order valence-corrected chi connectivity index (χ3v) is 12.7. The number of hydrogen-bond acceptors (Lipinski definition) is 2. The molecule has 0 amide bonds. The van der Waals surface area contributed by atoms with Gasteiger partial charge < -0.3 is 4.74 Å². The van der Waals surface area contributed by atoms with Gasteiger partial charge in [0.25, 0.3) is 0 Å². The molecule has 0 N–H and O–H groups in total. The monoisotopic (exact) mass is 500 g/mol. The Hall–Kier alpha value is -1.83. The highest BCUT2D eigenvalue weighted by Gasteiger charge is 2.60. The maximum atomic E-state index is 11.9. The number of carbonyl (C=O) groups excluding carboxylic acids is 1. The summed E-state index contributed by atoms with van der Waals surface area (Å²) >= 11 is 0. The van der Waals surface area contributed by atoms with E-state index in [0.29, 0.717) is 11.0 Å². The van der Waals surface area contributed by atoms with Gasteiger partial charge in [0.15, 0.2) is 0 Å². The minimum atomic E-state index is -0.257. The van der Waals surface area contributed by atoms with Crippen LogP contribution in [0.5, 0.6) is 0 Å². The van der Waals surface area contributed by atoms with Gasteiger partial charge in [-0.3, -0.25) is 0 Å². The van der Waals surface area contributed by atoms with E-state index in [-0.39, 0.29) is 11.4 Å². The van der Waals surface area contributed by atoms with Gasteiger partial charge in [-0.1, -0.05) is 51.1 Å². The van der Waals surface area contributed by atoms with Gasteiger partial charge in [-0.15, -0.1) is 0 Å². The molecule has 4 unspecified atom stereocenters. The van der Waals surface area contributed by atoms with Crippen molar-refractivity contribution in [3.63, 3.8) is 0 Å². The zero-order valence-corrected chi connectivity index (χ0v) is 23.9. The van der Waals surface area contributed by atoms with E-state index in [1.54, 1.807) is 0 Å². The largest absolute Gasteiger partial charge is 0.465 e. The minimum Gasteiger partial charge on any atom is -0.465 e. The Labute approximate surface area is 225 Å². The summed E-state index contributed by atoms with van der Waals surface area (Å²) in [6.45, 7) is 14.5. The number of allylic oxidation sites excluding steroid dienone is 3.